The molecule has 1 unspecified atom stereocenters. The van der Waals surface area contributed by atoms with Crippen molar-refractivity contribution < 1.29 is 48.2 Å². The summed E-state index contributed by atoms with van der Waals surface area (Å²) in [5, 5.41) is 9.21. The predicted octanol–water partition coefficient (Wildman–Crippen LogP) is 2.96. The van der Waals surface area contributed by atoms with E-state index in [4.69, 9.17) is 0 Å². The summed E-state index contributed by atoms with van der Waals surface area (Å²) in [6.45, 7) is 5.06. The fraction of sp³-hybridized carbons (Fsp3) is 1.00. The molecule has 0 aliphatic heterocycles. The Hall–Kier alpha value is 0.00649. The summed E-state index contributed by atoms with van der Waals surface area (Å²) in [7, 11) is 0. The van der Waals surface area contributed by atoms with Crippen LogP contribution in [-0.4, -0.2) is 46.6 Å². The summed E-state index contributed by atoms with van der Waals surface area (Å²) in [6, 6.07) is -2.68. The van der Waals surface area contributed by atoms with Gasteiger partial charge in [0.05, 0.1) is 6.04 Å². The first-order valence-corrected chi connectivity index (χ1v) is 5.42. The van der Waals surface area contributed by atoms with Crippen LogP contribution in [0.5, 0.6) is 0 Å². The maximum atomic E-state index is 12.6. The van der Waals surface area contributed by atoms with E-state index in [2.05, 4.69) is 0 Å². The summed E-state index contributed by atoms with van der Waals surface area (Å²) in [5.41, 5.74) is -4.74. The Kier molecular flexibility index (Phi) is 7.45. The molecule has 1 radical (unpaired) electrons. The van der Waals surface area contributed by atoms with Gasteiger partial charge in [0, 0.05) is 22.8 Å². The quantitative estimate of drug-likeness (QED) is 0.796. The van der Waals surface area contributed by atoms with Crippen molar-refractivity contribution >= 4 is 0 Å². The van der Waals surface area contributed by atoms with Crippen LogP contribution >= 0.6 is 0 Å². The molecule has 0 aliphatic rings. The Morgan fingerprint density at radius 2 is 1.26 bits per heavy atom. The van der Waals surface area contributed by atoms with E-state index >= 15 is 0 Å². The van der Waals surface area contributed by atoms with Gasteiger partial charge in [0.25, 0.3) is 5.60 Å². The van der Waals surface area contributed by atoms with Crippen molar-refractivity contribution in [3.8, 4) is 0 Å². The number of aliphatic hydroxyl groups is 1. The molecule has 0 aromatic carbocycles. The third-order valence-electron chi connectivity index (χ3n) is 2.99. The van der Waals surface area contributed by atoms with Gasteiger partial charge in [0.15, 0.2) is 0 Å². The first-order valence-electron chi connectivity index (χ1n) is 5.42. The molecule has 1 N–H and O–H groups in total. The summed E-state index contributed by atoms with van der Waals surface area (Å²) in [6.07, 6.45) is -11.6. The minimum absolute atomic E-state index is 0. The van der Waals surface area contributed by atoms with Crippen molar-refractivity contribution in [2.45, 2.75) is 57.7 Å². The minimum atomic E-state index is -5.78. The van der Waals surface area contributed by atoms with E-state index in [0.717, 1.165) is 11.8 Å². The zero-order valence-corrected chi connectivity index (χ0v) is 11.9. The molecule has 2 nitrogen and oxygen atoms in total. The molecule has 0 spiro atoms. The molecule has 0 fully saturated rings. The Morgan fingerprint density at radius 3 is 1.42 bits per heavy atom. The Labute approximate surface area is 118 Å². The number of likely N-dealkylation sites (N-methyl/N-ethyl adjacent to an activating group) is 1. The van der Waals surface area contributed by atoms with Gasteiger partial charge in [-0.15, -0.1) is 0 Å². The van der Waals surface area contributed by atoms with Gasteiger partial charge in [-0.3, -0.25) is 4.90 Å². The molecule has 0 aliphatic carbocycles. The van der Waals surface area contributed by atoms with Crippen LogP contribution < -0.4 is 0 Å². The second-order valence-electron chi connectivity index (χ2n) is 4.36. The predicted molar refractivity (Wildman–Crippen MR) is 54.0 cm³/mol. The molecular weight excluding hydrogens is 323 g/mol. The van der Waals surface area contributed by atoms with Crippen LogP contribution in [0.1, 0.15) is 27.7 Å². The molecule has 0 rings (SSSR count). The third-order valence-corrected chi connectivity index (χ3v) is 2.99. The molecule has 0 bridgehead atoms. The van der Waals surface area contributed by atoms with Gasteiger partial charge in [-0.05, 0) is 27.3 Å². The zero-order valence-electron chi connectivity index (χ0n) is 10.9. The molecule has 0 amide bonds. The van der Waals surface area contributed by atoms with E-state index in [0.29, 0.717) is 0 Å². The maximum absolute atomic E-state index is 12.6. The SMILES string of the molecule is CCN(C(C)C)C(C)C(O)(C(F)(F)F)C(F)(F)F.[Co]. The third kappa shape index (κ3) is 3.99. The number of hydrogen-bond donors (Lipinski definition) is 1. The van der Waals surface area contributed by atoms with Gasteiger partial charge in [0.1, 0.15) is 0 Å². The number of alkyl halides is 6. The number of hydrogen-bond acceptors (Lipinski definition) is 2. The average molecular weight is 340 g/mol. The van der Waals surface area contributed by atoms with Crippen molar-refractivity contribution in [2.75, 3.05) is 6.54 Å². The van der Waals surface area contributed by atoms with Crippen LogP contribution in [0.15, 0.2) is 0 Å². The topological polar surface area (TPSA) is 23.5 Å². The van der Waals surface area contributed by atoms with E-state index in [1.165, 1.54) is 20.8 Å². The summed E-state index contributed by atoms with van der Waals surface area (Å²) in [5.74, 6) is 0. The standard InChI is InChI=1S/C10H17F6NO.Co/c1-5-17(6(2)3)7(4)8(18,9(11,12)13)10(14,15)16;/h6-7,18H,5H2,1-4H3;. The van der Waals surface area contributed by atoms with Crippen LogP contribution in [0, 0.1) is 0 Å². The van der Waals surface area contributed by atoms with Crippen LogP contribution in [0.2, 0.25) is 0 Å². The average Bonchev–Trinajstić information content (AvgIpc) is 2.12. The Morgan fingerprint density at radius 1 is 0.947 bits per heavy atom. The van der Waals surface area contributed by atoms with Crippen molar-refractivity contribution in [1.82, 2.24) is 4.90 Å². The Balaban J connectivity index is 0. The number of rotatable bonds is 4. The van der Waals surface area contributed by atoms with Crippen molar-refractivity contribution in [1.29, 1.82) is 0 Å². The molecule has 0 aromatic rings. The largest absolute Gasteiger partial charge is 0.427 e. The molecule has 1 atom stereocenters. The van der Waals surface area contributed by atoms with Gasteiger partial charge in [0.2, 0.25) is 0 Å². The Bertz CT molecular complexity index is 264. The van der Waals surface area contributed by atoms with Crippen LogP contribution in [0.3, 0.4) is 0 Å². The fourth-order valence-corrected chi connectivity index (χ4v) is 1.96. The molecule has 0 heterocycles. The first-order chi connectivity index (χ1) is 7.80. The van der Waals surface area contributed by atoms with E-state index in [1.54, 1.807) is 0 Å². The van der Waals surface area contributed by atoms with Gasteiger partial charge >= 0.3 is 12.4 Å². The number of nitrogens with zero attached hydrogens (tertiary/aromatic N) is 1. The second kappa shape index (κ2) is 6.64. The second-order valence-corrected chi connectivity index (χ2v) is 4.36. The monoisotopic (exact) mass is 340 g/mol. The van der Waals surface area contributed by atoms with Crippen molar-refractivity contribution in [3.63, 3.8) is 0 Å². The summed E-state index contributed by atoms with van der Waals surface area (Å²) >= 11 is 0. The number of halogens is 6. The van der Waals surface area contributed by atoms with Crippen LogP contribution in [0.4, 0.5) is 26.3 Å². The van der Waals surface area contributed by atoms with Crippen molar-refractivity contribution in [3.05, 3.63) is 0 Å². The molecule has 19 heavy (non-hydrogen) atoms. The smallest absolute Gasteiger partial charge is 0.372 e. The normalized spacial score (nSPS) is 15.6. The fourth-order valence-electron chi connectivity index (χ4n) is 1.96. The summed E-state index contributed by atoms with van der Waals surface area (Å²) < 4.78 is 75.7. The maximum Gasteiger partial charge on any atom is 0.427 e. The van der Waals surface area contributed by atoms with Gasteiger partial charge in [-0.25, -0.2) is 0 Å². The van der Waals surface area contributed by atoms with E-state index in [-0.39, 0.29) is 23.3 Å². The van der Waals surface area contributed by atoms with E-state index in [9.17, 15) is 31.4 Å². The molecule has 0 aromatic heterocycles. The molecule has 119 valence electrons. The van der Waals surface area contributed by atoms with Gasteiger partial charge in [-0.1, -0.05) is 6.92 Å². The van der Waals surface area contributed by atoms with E-state index < -0.39 is 30.0 Å². The summed E-state index contributed by atoms with van der Waals surface area (Å²) in [4.78, 5) is 0.945. The van der Waals surface area contributed by atoms with Crippen LogP contribution in [-0.2, 0) is 16.8 Å². The zero-order chi connectivity index (χ0) is 14.9. The van der Waals surface area contributed by atoms with Crippen LogP contribution in [0.25, 0.3) is 0 Å². The molecule has 9 heteroatoms. The van der Waals surface area contributed by atoms with Crippen molar-refractivity contribution in [2.24, 2.45) is 0 Å². The van der Waals surface area contributed by atoms with E-state index in [1.807, 2.05) is 0 Å². The van der Waals surface area contributed by atoms with Gasteiger partial charge in [-0.2, -0.15) is 26.3 Å². The van der Waals surface area contributed by atoms with Gasteiger partial charge < -0.3 is 5.11 Å². The molecule has 0 saturated carbocycles. The molecule has 0 saturated heterocycles. The molecular formula is C10H17CoF6NO. The first kappa shape index (κ1) is 21.3. The minimum Gasteiger partial charge on any atom is -0.372 e.